The summed E-state index contributed by atoms with van der Waals surface area (Å²) in [5.74, 6) is -0.961. The smallest absolute Gasteiger partial charge is 0.267 e. The quantitative estimate of drug-likeness (QED) is 0.751. The van der Waals surface area contributed by atoms with Gasteiger partial charge in [-0.2, -0.15) is 4.31 Å². The van der Waals surface area contributed by atoms with Crippen LogP contribution in [0, 0.1) is 6.92 Å². The Morgan fingerprint density at radius 2 is 1.41 bits per heavy atom. The van der Waals surface area contributed by atoms with Crippen LogP contribution in [0.25, 0.3) is 0 Å². The van der Waals surface area contributed by atoms with Crippen molar-refractivity contribution in [2.75, 3.05) is 6.54 Å². The molecule has 0 saturated carbocycles. The van der Waals surface area contributed by atoms with Gasteiger partial charge in [-0.15, -0.1) is 0 Å². The first-order chi connectivity index (χ1) is 13.8. The number of aryl methyl sites for hydroxylation is 1. The maximum atomic E-state index is 12.8. The van der Waals surface area contributed by atoms with E-state index in [9.17, 15) is 18.0 Å². The maximum absolute atomic E-state index is 12.8. The summed E-state index contributed by atoms with van der Waals surface area (Å²) in [7, 11) is -3.59. The summed E-state index contributed by atoms with van der Waals surface area (Å²) in [5.41, 5.74) is 6.40. The zero-order valence-corrected chi connectivity index (χ0v) is 17.3. The van der Waals surface area contributed by atoms with Gasteiger partial charge in [-0.1, -0.05) is 24.1 Å². The summed E-state index contributed by atoms with van der Waals surface area (Å²) in [6, 6.07) is 12.6. The van der Waals surface area contributed by atoms with Crippen LogP contribution in [0.15, 0.2) is 53.4 Å². The van der Waals surface area contributed by atoms with Crippen molar-refractivity contribution in [1.29, 1.82) is 0 Å². The highest BCUT2D eigenvalue weighted by molar-refractivity contribution is 7.89. The Hall–Kier alpha value is -2.71. The van der Waals surface area contributed by atoms with Crippen LogP contribution in [0.2, 0.25) is 0 Å². The second-order valence-electron chi connectivity index (χ2n) is 7.26. The monoisotopic (exact) mass is 415 g/mol. The van der Waals surface area contributed by atoms with Crippen molar-refractivity contribution < 1.29 is 18.0 Å². The Kier molecular flexibility index (Phi) is 6.34. The number of amides is 2. The van der Waals surface area contributed by atoms with Crippen LogP contribution < -0.4 is 10.9 Å². The van der Waals surface area contributed by atoms with Crippen molar-refractivity contribution in [1.82, 2.24) is 15.2 Å². The molecule has 1 fully saturated rings. The van der Waals surface area contributed by atoms with E-state index in [0.717, 1.165) is 24.8 Å². The molecular weight excluding hydrogens is 390 g/mol. The molecule has 8 heteroatoms. The van der Waals surface area contributed by atoms with Crippen LogP contribution in [0.3, 0.4) is 0 Å². The second kappa shape index (κ2) is 8.75. The third-order valence-corrected chi connectivity index (χ3v) is 7.10. The number of nitrogens with one attached hydrogen (secondary N) is 2. The third kappa shape index (κ3) is 4.83. The van der Waals surface area contributed by atoms with E-state index >= 15 is 0 Å². The Balaban J connectivity index is 1.64. The molecule has 1 aliphatic heterocycles. The van der Waals surface area contributed by atoms with E-state index in [1.54, 1.807) is 24.3 Å². The molecule has 1 aliphatic rings. The van der Waals surface area contributed by atoms with E-state index in [-0.39, 0.29) is 16.5 Å². The van der Waals surface area contributed by atoms with E-state index in [4.69, 9.17) is 0 Å². The van der Waals surface area contributed by atoms with Gasteiger partial charge in [0.05, 0.1) is 4.90 Å². The number of hydrogen-bond acceptors (Lipinski definition) is 4. The molecule has 0 aromatic heterocycles. The number of sulfonamides is 1. The Morgan fingerprint density at radius 1 is 0.897 bits per heavy atom. The molecule has 154 valence electrons. The third-order valence-electron chi connectivity index (χ3n) is 5.07. The molecule has 2 aromatic carbocycles. The lowest BCUT2D eigenvalue weighted by atomic mass is 10.1. The van der Waals surface area contributed by atoms with Gasteiger partial charge in [0, 0.05) is 23.7 Å². The first-order valence-corrected chi connectivity index (χ1v) is 11.0. The van der Waals surface area contributed by atoms with Crippen LogP contribution in [0.4, 0.5) is 0 Å². The molecule has 1 heterocycles. The summed E-state index contributed by atoms with van der Waals surface area (Å²) in [5, 5.41) is 0. The Labute approximate surface area is 171 Å². The normalized spacial score (nSPS) is 17.5. The van der Waals surface area contributed by atoms with Gasteiger partial charge in [0.2, 0.25) is 10.0 Å². The average molecular weight is 416 g/mol. The Morgan fingerprint density at radius 3 is 1.93 bits per heavy atom. The zero-order chi connectivity index (χ0) is 21.0. The highest BCUT2D eigenvalue weighted by Gasteiger charge is 2.30. The molecule has 2 amide bonds. The van der Waals surface area contributed by atoms with E-state index in [2.05, 4.69) is 10.9 Å². The first-order valence-electron chi connectivity index (χ1n) is 9.58. The van der Waals surface area contributed by atoms with Crippen molar-refractivity contribution in [3.63, 3.8) is 0 Å². The minimum atomic E-state index is -3.59. The van der Waals surface area contributed by atoms with Gasteiger partial charge in [-0.3, -0.25) is 20.4 Å². The van der Waals surface area contributed by atoms with Crippen molar-refractivity contribution in [3.8, 4) is 0 Å². The van der Waals surface area contributed by atoms with E-state index in [1.807, 2.05) is 13.8 Å². The van der Waals surface area contributed by atoms with Crippen molar-refractivity contribution in [2.24, 2.45) is 0 Å². The minimum absolute atomic E-state index is 0.0336. The predicted octanol–water partition coefficient (Wildman–Crippen LogP) is 2.63. The van der Waals surface area contributed by atoms with Gasteiger partial charge in [0.15, 0.2) is 0 Å². The van der Waals surface area contributed by atoms with Crippen molar-refractivity contribution in [2.45, 2.75) is 44.0 Å². The van der Waals surface area contributed by atoms with E-state index in [1.165, 1.54) is 28.6 Å². The standard InChI is InChI=1S/C21H25N3O4S/c1-15-6-8-17(9-7-15)20(25)22-23-21(26)18-10-12-19(13-11-18)29(27,28)24-14-4-3-5-16(24)2/h6-13,16H,3-5,14H2,1-2H3,(H,22,25)(H,23,26)/t16-/m1/s1. The Bertz CT molecular complexity index is 986. The summed E-state index contributed by atoms with van der Waals surface area (Å²) >= 11 is 0. The summed E-state index contributed by atoms with van der Waals surface area (Å²) in [6.07, 6.45) is 2.73. The second-order valence-corrected chi connectivity index (χ2v) is 9.15. The average Bonchev–Trinajstić information content (AvgIpc) is 2.72. The molecule has 0 spiro atoms. The van der Waals surface area contributed by atoms with Crippen molar-refractivity contribution >= 4 is 21.8 Å². The number of rotatable bonds is 4. The number of hydrogen-bond donors (Lipinski definition) is 2. The molecule has 1 atom stereocenters. The number of carbonyl (C=O) groups is 2. The summed E-state index contributed by atoms with van der Waals surface area (Å²) in [6.45, 7) is 4.34. The molecule has 0 unspecified atom stereocenters. The summed E-state index contributed by atoms with van der Waals surface area (Å²) in [4.78, 5) is 24.5. The molecule has 7 nitrogen and oxygen atoms in total. The van der Waals surface area contributed by atoms with Gasteiger partial charge in [-0.05, 0) is 63.1 Å². The highest BCUT2D eigenvalue weighted by atomic mass is 32.2. The number of carbonyl (C=O) groups excluding carboxylic acids is 2. The highest BCUT2D eigenvalue weighted by Crippen LogP contribution is 2.25. The van der Waals surface area contributed by atoms with Gasteiger partial charge >= 0.3 is 0 Å². The molecule has 0 radical (unpaired) electrons. The fourth-order valence-electron chi connectivity index (χ4n) is 3.31. The SMILES string of the molecule is Cc1ccc(C(=O)NNC(=O)c2ccc(S(=O)(=O)N3CCCC[C@H]3C)cc2)cc1. The summed E-state index contributed by atoms with van der Waals surface area (Å²) < 4.78 is 27.2. The van der Waals surface area contributed by atoms with Crippen LogP contribution in [-0.2, 0) is 10.0 Å². The van der Waals surface area contributed by atoms with E-state index in [0.29, 0.717) is 12.1 Å². The first kappa shape index (κ1) is 21.0. The maximum Gasteiger partial charge on any atom is 0.269 e. The molecule has 0 aliphatic carbocycles. The lowest BCUT2D eigenvalue weighted by Crippen LogP contribution is -2.42. The number of hydrazine groups is 1. The molecule has 2 aromatic rings. The van der Waals surface area contributed by atoms with Crippen LogP contribution in [0.5, 0.6) is 0 Å². The largest absolute Gasteiger partial charge is 0.269 e. The van der Waals surface area contributed by atoms with Gasteiger partial charge < -0.3 is 0 Å². The molecule has 29 heavy (non-hydrogen) atoms. The van der Waals surface area contributed by atoms with Gasteiger partial charge in [0.1, 0.15) is 0 Å². The van der Waals surface area contributed by atoms with E-state index < -0.39 is 21.8 Å². The topological polar surface area (TPSA) is 95.6 Å². The zero-order valence-electron chi connectivity index (χ0n) is 16.5. The van der Waals surface area contributed by atoms with Crippen molar-refractivity contribution in [3.05, 3.63) is 65.2 Å². The molecule has 3 rings (SSSR count). The van der Waals surface area contributed by atoms with Crippen LogP contribution in [-0.4, -0.2) is 37.1 Å². The number of piperidine rings is 1. The van der Waals surface area contributed by atoms with Gasteiger partial charge in [0.25, 0.3) is 11.8 Å². The number of benzene rings is 2. The minimum Gasteiger partial charge on any atom is -0.267 e. The van der Waals surface area contributed by atoms with Crippen LogP contribution >= 0.6 is 0 Å². The predicted molar refractivity (Wildman–Crippen MR) is 110 cm³/mol. The molecule has 1 saturated heterocycles. The fraction of sp³-hybridized carbons (Fsp3) is 0.333. The van der Waals surface area contributed by atoms with Gasteiger partial charge in [-0.25, -0.2) is 8.42 Å². The van der Waals surface area contributed by atoms with Crippen LogP contribution in [0.1, 0.15) is 52.5 Å². The number of nitrogens with zero attached hydrogens (tertiary/aromatic N) is 1. The fourth-order valence-corrected chi connectivity index (χ4v) is 5.00. The lowest BCUT2D eigenvalue weighted by Gasteiger charge is -2.32. The molecular formula is C21H25N3O4S. The molecule has 0 bridgehead atoms. The molecule has 2 N–H and O–H groups in total. The lowest BCUT2D eigenvalue weighted by molar-refractivity contribution is 0.0846.